The number of thioether (sulfide) groups is 1. The number of nitrogens with zero attached hydrogens (tertiary/aromatic N) is 2. The number of ketones is 1. The number of Topliss-reactive ketones (excluding diaryl/α,β-unsaturated/α-hetero) is 1. The second-order valence-electron chi connectivity index (χ2n) is 7.95. The summed E-state index contributed by atoms with van der Waals surface area (Å²) >= 11 is 6.95. The average molecular weight is 465 g/mol. The number of anilines is 1. The van der Waals surface area contributed by atoms with Gasteiger partial charge in [-0.1, -0.05) is 30.3 Å². The van der Waals surface area contributed by atoms with E-state index in [0.717, 1.165) is 6.07 Å². The standard InChI is InChI=1S/C21H19ClF2N4O2S/c1-9-17-20(3,28-19(25)31-21(9,17)10(2)29)13-6-12(7-14(23)16(13)24)27-18(30)15-5-4-11(22)8-26-15/h4-9,17H,1-3H3,(H2,25,28)(H,27,30)/t9-,17-,20+,21+/m0/s1. The monoisotopic (exact) mass is 464 g/mol. The Kier molecular flexibility index (Phi) is 5.09. The molecule has 0 radical (unpaired) electrons. The third kappa shape index (κ3) is 3.30. The van der Waals surface area contributed by atoms with Crippen molar-refractivity contribution >= 4 is 45.9 Å². The van der Waals surface area contributed by atoms with E-state index in [-0.39, 0.29) is 39.7 Å². The topological polar surface area (TPSA) is 97.4 Å². The van der Waals surface area contributed by atoms with Crippen LogP contribution in [0.1, 0.15) is 36.8 Å². The lowest BCUT2D eigenvalue weighted by molar-refractivity contribution is -0.117. The molecule has 2 aliphatic rings. The van der Waals surface area contributed by atoms with E-state index in [0.29, 0.717) is 5.02 Å². The van der Waals surface area contributed by atoms with Gasteiger partial charge in [-0.3, -0.25) is 14.6 Å². The van der Waals surface area contributed by atoms with Gasteiger partial charge in [-0.2, -0.15) is 0 Å². The van der Waals surface area contributed by atoms with Crippen molar-refractivity contribution in [3.63, 3.8) is 0 Å². The highest BCUT2D eigenvalue weighted by atomic mass is 35.5. The average Bonchev–Trinajstić information content (AvgIpc) is 3.31. The number of nitrogens with two attached hydrogens (primary N) is 1. The largest absolute Gasteiger partial charge is 0.378 e. The number of amidine groups is 1. The van der Waals surface area contributed by atoms with Gasteiger partial charge in [0.25, 0.3) is 5.91 Å². The van der Waals surface area contributed by atoms with Crippen molar-refractivity contribution in [3.05, 3.63) is 58.4 Å². The summed E-state index contributed by atoms with van der Waals surface area (Å²) in [5, 5.41) is 3.02. The molecule has 6 nitrogen and oxygen atoms in total. The Morgan fingerprint density at radius 1 is 1.29 bits per heavy atom. The van der Waals surface area contributed by atoms with E-state index in [1.165, 1.54) is 43.1 Å². The molecule has 0 saturated heterocycles. The first-order chi connectivity index (χ1) is 14.5. The highest BCUT2D eigenvalue weighted by molar-refractivity contribution is 8.15. The maximum absolute atomic E-state index is 15.0. The van der Waals surface area contributed by atoms with E-state index in [1.807, 2.05) is 6.92 Å². The maximum atomic E-state index is 15.0. The van der Waals surface area contributed by atoms with E-state index in [9.17, 15) is 18.4 Å². The number of rotatable bonds is 4. The van der Waals surface area contributed by atoms with Crippen LogP contribution in [-0.4, -0.2) is 26.6 Å². The predicted octanol–water partition coefficient (Wildman–Crippen LogP) is 4.14. The van der Waals surface area contributed by atoms with Crippen LogP contribution < -0.4 is 11.1 Å². The molecule has 1 aliphatic heterocycles. The van der Waals surface area contributed by atoms with Crippen LogP contribution in [0.15, 0.2) is 35.5 Å². The van der Waals surface area contributed by atoms with Crippen molar-refractivity contribution in [1.29, 1.82) is 0 Å². The van der Waals surface area contributed by atoms with Gasteiger partial charge in [0.2, 0.25) is 0 Å². The molecule has 4 atom stereocenters. The minimum absolute atomic E-state index is 0.0330. The van der Waals surface area contributed by atoms with Gasteiger partial charge in [0.05, 0.1) is 15.3 Å². The molecule has 10 heteroatoms. The summed E-state index contributed by atoms with van der Waals surface area (Å²) < 4.78 is 28.7. The lowest BCUT2D eigenvalue weighted by Crippen LogP contribution is -2.39. The fourth-order valence-corrected chi connectivity index (χ4v) is 6.31. The Bertz CT molecular complexity index is 1140. The van der Waals surface area contributed by atoms with E-state index >= 15 is 0 Å². The molecule has 1 aromatic heterocycles. The Morgan fingerprint density at radius 2 is 2.00 bits per heavy atom. The quantitative estimate of drug-likeness (QED) is 0.708. The second-order valence-corrected chi connectivity index (χ2v) is 9.69. The fourth-order valence-electron chi connectivity index (χ4n) is 4.66. The van der Waals surface area contributed by atoms with Gasteiger partial charge in [0, 0.05) is 29.4 Å². The minimum atomic E-state index is -1.27. The summed E-state index contributed by atoms with van der Waals surface area (Å²) in [7, 11) is 0. The molecule has 1 aromatic carbocycles. The van der Waals surface area contributed by atoms with Gasteiger partial charge in [-0.25, -0.2) is 13.8 Å². The second kappa shape index (κ2) is 7.27. The third-order valence-corrected chi connectivity index (χ3v) is 7.87. The van der Waals surface area contributed by atoms with E-state index in [4.69, 9.17) is 17.3 Å². The molecule has 4 rings (SSSR count). The normalized spacial score (nSPS) is 29.0. The van der Waals surface area contributed by atoms with Crippen LogP contribution in [0.4, 0.5) is 14.5 Å². The van der Waals surface area contributed by atoms with Crippen LogP contribution in [0.25, 0.3) is 0 Å². The van der Waals surface area contributed by atoms with Gasteiger partial charge in [-0.15, -0.1) is 0 Å². The van der Waals surface area contributed by atoms with Gasteiger partial charge in [0.1, 0.15) is 11.5 Å². The fraction of sp³-hybridized carbons (Fsp3) is 0.333. The molecular formula is C21H19ClF2N4O2S. The molecule has 162 valence electrons. The van der Waals surface area contributed by atoms with Gasteiger partial charge < -0.3 is 11.1 Å². The van der Waals surface area contributed by atoms with Gasteiger partial charge in [-0.05, 0) is 38.0 Å². The van der Waals surface area contributed by atoms with Crippen LogP contribution in [0.3, 0.4) is 0 Å². The molecule has 2 aromatic rings. The number of nitrogens with one attached hydrogen (secondary N) is 1. The SMILES string of the molecule is CC(=O)[C@@]12SC(N)=N[C@](C)(c3cc(NC(=O)c4ccc(Cl)cn4)cc(F)c3F)[C@@H]1[C@@H]2C. The maximum Gasteiger partial charge on any atom is 0.274 e. The van der Waals surface area contributed by atoms with Gasteiger partial charge in [0.15, 0.2) is 16.8 Å². The number of pyridine rings is 1. The van der Waals surface area contributed by atoms with E-state index < -0.39 is 27.8 Å². The zero-order valence-electron chi connectivity index (χ0n) is 16.9. The first-order valence-electron chi connectivity index (χ1n) is 9.48. The molecule has 1 saturated carbocycles. The van der Waals surface area contributed by atoms with Crippen LogP contribution in [0.2, 0.25) is 5.02 Å². The third-order valence-electron chi connectivity index (χ3n) is 6.09. The zero-order chi connectivity index (χ0) is 22.7. The summed E-state index contributed by atoms with van der Waals surface area (Å²) in [4.78, 5) is 33.2. The molecule has 2 heterocycles. The van der Waals surface area contributed by atoms with Crippen molar-refractivity contribution in [3.8, 4) is 0 Å². The number of hydrogen-bond acceptors (Lipinski definition) is 6. The summed E-state index contributed by atoms with van der Waals surface area (Å²) in [6.07, 6.45) is 1.31. The summed E-state index contributed by atoms with van der Waals surface area (Å²) in [6.45, 7) is 4.97. The molecule has 3 N–H and O–H groups in total. The van der Waals surface area contributed by atoms with Crippen molar-refractivity contribution in [2.45, 2.75) is 31.1 Å². The van der Waals surface area contributed by atoms with Crippen LogP contribution in [0.5, 0.6) is 0 Å². The van der Waals surface area contributed by atoms with Crippen molar-refractivity contribution in [1.82, 2.24) is 4.98 Å². The van der Waals surface area contributed by atoms with Crippen LogP contribution in [0, 0.1) is 23.5 Å². The smallest absolute Gasteiger partial charge is 0.274 e. The van der Waals surface area contributed by atoms with Crippen molar-refractivity contribution < 1.29 is 18.4 Å². The number of aliphatic imine (C=N–C) groups is 1. The highest BCUT2D eigenvalue weighted by Crippen LogP contribution is 2.70. The molecule has 1 fully saturated rings. The van der Waals surface area contributed by atoms with Crippen molar-refractivity contribution in [2.24, 2.45) is 22.6 Å². The summed E-state index contributed by atoms with van der Waals surface area (Å²) in [5.74, 6) is -3.44. The number of halogens is 3. The first-order valence-corrected chi connectivity index (χ1v) is 10.7. The minimum Gasteiger partial charge on any atom is -0.378 e. The number of fused-ring (bicyclic) bond motifs is 1. The van der Waals surface area contributed by atoms with E-state index in [2.05, 4.69) is 15.3 Å². The molecule has 1 aliphatic carbocycles. The lowest BCUT2D eigenvalue weighted by Gasteiger charge is -2.33. The number of amides is 1. The number of benzene rings is 1. The van der Waals surface area contributed by atoms with Crippen molar-refractivity contribution in [2.75, 3.05) is 5.32 Å². The Balaban J connectivity index is 1.75. The molecule has 1 amide bonds. The first kappa shape index (κ1) is 21.7. The number of carbonyl (C=O) groups excluding carboxylic acids is 2. The number of hydrogen-bond donors (Lipinski definition) is 2. The van der Waals surface area contributed by atoms with Gasteiger partial charge >= 0.3 is 0 Å². The number of aromatic nitrogens is 1. The van der Waals surface area contributed by atoms with E-state index in [1.54, 1.807) is 6.92 Å². The Hall–Kier alpha value is -2.52. The van der Waals surface area contributed by atoms with Crippen LogP contribution >= 0.6 is 23.4 Å². The number of carbonyl (C=O) groups is 2. The Morgan fingerprint density at radius 3 is 2.61 bits per heavy atom. The summed E-state index contributed by atoms with van der Waals surface area (Å²) in [6, 6.07) is 5.12. The zero-order valence-corrected chi connectivity index (χ0v) is 18.4. The lowest BCUT2D eigenvalue weighted by atomic mass is 9.84. The molecule has 31 heavy (non-hydrogen) atoms. The predicted molar refractivity (Wildman–Crippen MR) is 116 cm³/mol. The molecule has 0 bridgehead atoms. The molecule has 0 spiro atoms. The molecule has 0 unspecified atom stereocenters. The Labute approximate surface area is 186 Å². The summed E-state index contributed by atoms with van der Waals surface area (Å²) in [5.41, 5.74) is 4.75. The van der Waals surface area contributed by atoms with Crippen LogP contribution in [-0.2, 0) is 10.3 Å². The molecular weight excluding hydrogens is 446 g/mol. The highest BCUT2D eigenvalue weighted by Gasteiger charge is 2.74.